The molecule has 1 rings (SSSR count). The Hall–Kier alpha value is -1.06. The number of carbonyl (C=O) groups is 2. The number of hydrogen-bond donors (Lipinski definition) is 0. The molecule has 86 valence electrons. The molecule has 4 nitrogen and oxygen atoms in total. The van der Waals surface area contributed by atoms with Crippen molar-refractivity contribution >= 4 is 11.9 Å². The second-order valence-corrected chi connectivity index (χ2v) is 3.85. The van der Waals surface area contributed by atoms with Gasteiger partial charge in [-0.1, -0.05) is 6.92 Å². The summed E-state index contributed by atoms with van der Waals surface area (Å²) in [6, 6.07) is 0. The summed E-state index contributed by atoms with van der Waals surface area (Å²) in [7, 11) is 0. The van der Waals surface area contributed by atoms with Gasteiger partial charge >= 0.3 is 11.9 Å². The molecule has 0 atom stereocenters. The fourth-order valence-corrected chi connectivity index (χ4v) is 1.77. The van der Waals surface area contributed by atoms with Gasteiger partial charge in [0.2, 0.25) is 0 Å². The molecule has 0 radical (unpaired) electrons. The summed E-state index contributed by atoms with van der Waals surface area (Å²) in [6.07, 6.45) is 3.63. The van der Waals surface area contributed by atoms with Gasteiger partial charge in [-0.15, -0.1) is 0 Å². The molecule has 4 heteroatoms. The highest BCUT2D eigenvalue weighted by Gasteiger charge is 2.24. The standard InChI is InChI=1S/C11H18O4/c1-3-11(13)15-10-6-4-9(5-7-10)14-8(2)12/h9-10H,3-7H2,1-2H3/t9-,10-. The van der Waals surface area contributed by atoms with Crippen LogP contribution in [0.3, 0.4) is 0 Å². The zero-order chi connectivity index (χ0) is 11.3. The van der Waals surface area contributed by atoms with Crippen molar-refractivity contribution in [2.45, 2.75) is 58.2 Å². The van der Waals surface area contributed by atoms with Crippen LogP contribution in [-0.2, 0) is 19.1 Å². The van der Waals surface area contributed by atoms with Crippen LogP contribution in [0.4, 0.5) is 0 Å². The van der Waals surface area contributed by atoms with Crippen LogP contribution in [0.5, 0.6) is 0 Å². The van der Waals surface area contributed by atoms with Gasteiger partial charge in [0.25, 0.3) is 0 Å². The number of esters is 2. The third-order valence-electron chi connectivity index (χ3n) is 2.54. The SMILES string of the molecule is CCC(=O)O[C@H]1CC[C@H](OC(C)=O)CC1. The quantitative estimate of drug-likeness (QED) is 0.672. The van der Waals surface area contributed by atoms with Crippen LogP contribution in [0.15, 0.2) is 0 Å². The van der Waals surface area contributed by atoms with Crippen molar-refractivity contribution in [1.29, 1.82) is 0 Å². The molecule has 1 aliphatic rings. The first-order chi connectivity index (χ1) is 7.11. The predicted molar refractivity (Wildman–Crippen MR) is 54.2 cm³/mol. The molecule has 1 saturated carbocycles. The molecular weight excluding hydrogens is 196 g/mol. The number of hydrogen-bond acceptors (Lipinski definition) is 4. The van der Waals surface area contributed by atoms with Crippen LogP contribution < -0.4 is 0 Å². The van der Waals surface area contributed by atoms with Crippen molar-refractivity contribution in [3.63, 3.8) is 0 Å². The Bertz CT molecular complexity index is 229. The summed E-state index contributed by atoms with van der Waals surface area (Å²) in [6.45, 7) is 3.20. The smallest absolute Gasteiger partial charge is 0.305 e. The van der Waals surface area contributed by atoms with Crippen molar-refractivity contribution in [2.75, 3.05) is 0 Å². The number of carbonyl (C=O) groups excluding carboxylic acids is 2. The average molecular weight is 214 g/mol. The molecule has 0 saturated heterocycles. The lowest BCUT2D eigenvalue weighted by molar-refractivity contribution is -0.156. The Kier molecular flexibility index (Phi) is 4.59. The van der Waals surface area contributed by atoms with Crippen LogP contribution in [0.25, 0.3) is 0 Å². The van der Waals surface area contributed by atoms with E-state index in [1.165, 1.54) is 6.92 Å². The highest BCUT2D eigenvalue weighted by molar-refractivity contribution is 5.69. The topological polar surface area (TPSA) is 52.6 Å². The van der Waals surface area contributed by atoms with Gasteiger partial charge in [0.05, 0.1) is 0 Å². The minimum absolute atomic E-state index is 0.0130. The van der Waals surface area contributed by atoms with E-state index in [9.17, 15) is 9.59 Å². The molecular formula is C11H18O4. The Morgan fingerprint density at radius 2 is 1.53 bits per heavy atom. The van der Waals surface area contributed by atoms with E-state index in [-0.39, 0.29) is 24.1 Å². The van der Waals surface area contributed by atoms with Gasteiger partial charge in [0.1, 0.15) is 12.2 Å². The fraction of sp³-hybridized carbons (Fsp3) is 0.818. The van der Waals surface area contributed by atoms with Gasteiger partial charge in [0.15, 0.2) is 0 Å². The first-order valence-corrected chi connectivity index (χ1v) is 5.48. The summed E-state index contributed by atoms with van der Waals surface area (Å²) in [5.41, 5.74) is 0. The predicted octanol–water partition coefficient (Wildman–Crippen LogP) is 1.81. The zero-order valence-corrected chi connectivity index (χ0v) is 9.32. The third kappa shape index (κ3) is 4.32. The minimum atomic E-state index is -0.232. The van der Waals surface area contributed by atoms with Crippen LogP contribution in [0, 0.1) is 0 Å². The van der Waals surface area contributed by atoms with E-state index in [0.717, 1.165) is 25.7 Å². The zero-order valence-electron chi connectivity index (χ0n) is 9.32. The molecule has 0 aromatic carbocycles. The molecule has 0 aromatic rings. The Morgan fingerprint density at radius 3 is 1.93 bits per heavy atom. The molecule has 15 heavy (non-hydrogen) atoms. The van der Waals surface area contributed by atoms with E-state index < -0.39 is 0 Å². The summed E-state index contributed by atoms with van der Waals surface area (Å²) in [5, 5.41) is 0. The van der Waals surface area contributed by atoms with E-state index in [4.69, 9.17) is 9.47 Å². The molecule has 0 aromatic heterocycles. The molecule has 0 N–H and O–H groups in total. The maximum atomic E-state index is 11.0. The Morgan fingerprint density at radius 1 is 1.07 bits per heavy atom. The second kappa shape index (κ2) is 5.73. The molecule has 0 unspecified atom stereocenters. The van der Waals surface area contributed by atoms with E-state index in [2.05, 4.69) is 0 Å². The van der Waals surface area contributed by atoms with E-state index in [1.54, 1.807) is 6.92 Å². The maximum Gasteiger partial charge on any atom is 0.305 e. The molecule has 0 amide bonds. The average Bonchev–Trinajstić information content (AvgIpc) is 2.20. The first kappa shape index (κ1) is 12.0. The van der Waals surface area contributed by atoms with Gasteiger partial charge in [0, 0.05) is 13.3 Å². The highest BCUT2D eigenvalue weighted by Crippen LogP contribution is 2.23. The van der Waals surface area contributed by atoms with Crippen LogP contribution in [0.1, 0.15) is 46.0 Å². The lowest BCUT2D eigenvalue weighted by Crippen LogP contribution is -2.29. The molecule has 1 fully saturated rings. The summed E-state index contributed by atoms with van der Waals surface area (Å²) in [4.78, 5) is 21.7. The number of ether oxygens (including phenoxy) is 2. The second-order valence-electron chi connectivity index (χ2n) is 3.85. The van der Waals surface area contributed by atoms with E-state index in [1.807, 2.05) is 0 Å². The largest absolute Gasteiger partial charge is 0.463 e. The van der Waals surface area contributed by atoms with Crippen molar-refractivity contribution < 1.29 is 19.1 Å². The number of rotatable bonds is 3. The third-order valence-corrected chi connectivity index (χ3v) is 2.54. The first-order valence-electron chi connectivity index (χ1n) is 5.48. The van der Waals surface area contributed by atoms with Crippen molar-refractivity contribution in [2.24, 2.45) is 0 Å². The monoisotopic (exact) mass is 214 g/mol. The van der Waals surface area contributed by atoms with Gasteiger partial charge in [-0.25, -0.2) is 0 Å². The molecule has 0 bridgehead atoms. The van der Waals surface area contributed by atoms with Gasteiger partial charge in [-0.3, -0.25) is 9.59 Å². The van der Waals surface area contributed by atoms with Crippen molar-refractivity contribution in [1.82, 2.24) is 0 Å². The van der Waals surface area contributed by atoms with E-state index in [0.29, 0.717) is 6.42 Å². The fourth-order valence-electron chi connectivity index (χ4n) is 1.77. The molecule has 0 spiro atoms. The lowest BCUT2D eigenvalue weighted by Gasteiger charge is -2.27. The van der Waals surface area contributed by atoms with Crippen LogP contribution >= 0.6 is 0 Å². The lowest BCUT2D eigenvalue weighted by atomic mass is 9.95. The normalized spacial score (nSPS) is 25.7. The summed E-state index contributed by atoms with van der Waals surface area (Å²) < 4.78 is 10.3. The molecule has 0 aliphatic heterocycles. The summed E-state index contributed by atoms with van der Waals surface area (Å²) >= 11 is 0. The van der Waals surface area contributed by atoms with E-state index >= 15 is 0 Å². The van der Waals surface area contributed by atoms with Crippen LogP contribution in [0.2, 0.25) is 0 Å². The molecule has 0 heterocycles. The van der Waals surface area contributed by atoms with Gasteiger partial charge in [-0.05, 0) is 25.7 Å². The van der Waals surface area contributed by atoms with Gasteiger partial charge < -0.3 is 9.47 Å². The maximum absolute atomic E-state index is 11.0. The van der Waals surface area contributed by atoms with Gasteiger partial charge in [-0.2, -0.15) is 0 Å². The molecule has 1 aliphatic carbocycles. The summed E-state index contributed by atoms with van der Waals surface area (Å²) in [5.74, 6) is -0.380. The Labute approximate surface area is 89.9 Å². The highest BCUT2D eigenvalue weighted by atomic mass is 16.6. The van der Waals surface area contributed by atoms with Crippen molar-refractivity contribution in [3.8, 4) is 0 Å². The Balaban J connectivity index is 2.23. The minimum Gasteiger partial charge on any atom is -0.463 e. The van der Waals surface area contributed by atoms with Crippen LogP contribution in [-0.4, -0.2) is 24.1 Å². The van der Waals surface area contributed by atoms with Crippen molar-refractivity contribution in [3.05, 3.63) is 0 Å².